The van der Waals surface area contributed by atoms with Crippen LogP contribution in [0.5, 0.6) is 5.88 Å². The van der Waals surface area contributed by atoms with E-state index in [-0.39, 0.29) is 41.3 Å². The third kappa shape index (κ3) is 10.2. The minimum atomic E-state index is -4.63. The molecule has 6 aliphatic rings. The van der Waals surface area contributed by atoms with Gasteiger partial charge in [0, 0.05) is 74.9 Å². The fourth-order valence-electron chi connectivity index (χ4n) is 13.2. The Morgan fingerprint density at radius 2 is 1.69 bits per heavy atom. The number of ether oxygens (including phenoxy) is 3. The van der Waals surface area contributed by atoms with Crippen molar-refractivity contribution in [3.63, 3.8) is 0 Å². The van der Waals surface area contributed by atoms with E-state index < -0.39 is 49.2 Å². The number of amides is 1. The second-order valence-corrected chi connectivity index (χ2v) is 23.9. The van der Waals surface area contributed by atoms with Gasteiger partial charge in [0.05, 0.1) is 33.7 Å². The molecule has 4 atom stereocenters. The molecule has 1 spiro atoms. The van der Waals surface area contributed by atoms with Gasteiger partial charge in [0.1, 0.15) is 23.1 Å². The van der Waals surface area contributed by atoms with E-state index in [2.05, 4.69) is 60.9 Å². The molecule has 0 bridgehead atoms. The van der Waals surface area contributed by atoms with E-state index in [9.17, 15) is 32.1 Å². The SMILES string of the molecule is Cc1ccccc1[C@@H]1C[C@H](Cc2ccc(F)c(F)c2)CCN1C1CC2(CCN(c3ccc(C(=O)NS(=O)(=O)c4ccc(NCC5CCOCC5)c([N+](=O)[O-])c4)c(N4c5cc6cc[nH]c6nc5O[C@H]5COCC[C@@H]54)c3)CC2)C1. The molecule has 12 rings (SSSR count). The first-order valence-corrected chi connectivity index (χ1v) is 28.6. The highest BCUT2D eigenvalue weighted by Crippen LogP contribution is 2.55. The fraction of sp³-hybridized carbons (Fsp3) is 0.448. The summed E-state index contributed by atoms with van der Waals surface area (Å²) < 4.78 is 76.6. The Labute approximate surface area is 446 Å². The third-order valence-electron chi connectivity index (χ3n) is 17.5. The topological polar surface area (TPSA) is 184 Å². The number of nitrogens with zero attached hydrogens (tertiary/aromatic N) is 5. The number of benzene rings is 4. The largest absolute Gasteiger partial charge is 0.468 e. The van der Waals surface area contributed by atoms with E-state index in [1.54, 1.807) is 18.3 Å². The summed E-state index contributed by atoms with van der Waals surface area (Å²) in [5.41, 5.74) is 6.10. The molecule has 404 valence electrons. The zero-order valence-corrected chi connectivity index (χ0v) is 43.9. The van der Waals surface area contributed by atoms with Gasteiger partial charge in [-0.25, -0.2) is 21.9 Å². The Balaban J connectivity index is 0.802. The van der Waals surface area contributed by atoms with Crippen LogP contribution in [-0.2, 0) is 25.9 Å². The van der Waals surface area contributed by atoms with Crippen molar-refractivity contribution >= 4 is 55.4 Å². The summed E-state index contributed by atoms with van der Waals surface area (Å²) in [6.07, 6.45) is 10.3. The predicted molar refractivity (Wildman–Crippen MR) is 288 cm³/mol. The fourth-order valence-corrected chi connectivity index (χ4v) is 14.2. The number of carbonyl (C=O) groups is 1. The molecular formula is C58H64F2N8O8S. The van der Waals surface area contributed by atoms with Gasteiger partial charge in [-0.3, -0.25) is 19.8 Å². The molecule has 3 N–H and O–H groups in total. The highest BCUT2D eigenvalue weighted by atomic mass is 32.2. The highest BCUT2D eigenvalue weighted by Gasteiger charge is 2.50. The highest BCUT2D eigenvalue weighted by molar-refractivity contribution is 7.90. The van der Waals surface area contributed by atoms with Crippen LogP contribution in [0, 0.1) is 45.9 Å². The van der Waals surface area contributed by atoms with Gasteiger partial charge in [0.2, 0.25) is 5.88 Å². The lowest BCUT2D eigenvalue weighted by Gasteiger charge is -2.58. The number of hydrogen-bond donors (Lipinski definition) is 3. The number of rotatable bonds is 13. The molecular weight excluding hydrogens is 1010 g/mol. The number of H-pyrrole nitrogens is 1. The molecule has 6 aromatic rings. The maximum absolute atomic E-state index is 14.7. The molecule has 16 nitrogen and oxygen atoms in total. The monoisotopic (exact) mass is 1070 g/mol. The number of nitro benzene ring substituents is 1. The zero-order valence-electron chi connectivity index (χ0n) is 43.1. The average molecular weight is 1070 g/mol. The number of sulfonamides is 1. The molecule has 7 heterocycles. The number of hydrogen-bond acceptors (Lipinski definition) is 13. The number of nitro groups is 1. The summed E-state index contributed by atoms with van der Waals surface area (Å²) in [5.74, 6) is -1.56. The van der Waals surface area contributed by atoms with Crippen LogP contribution < -0.4 is 24.6 Å². The summed E-state index contributed by atoms with van der Waals surface area (Å²) in [5, 5.41) is 16.3. The number of aromatic nitrogens is 2. The van der Waals surface area contributed by atoms with Gasteiger partial charge in [-0.1, -0.05) is 30.3 Å². The van der Waals surface area contributed by atoms with Crippen molar-refractivity contribution in [1.29, 1.82) is 0 Å². The lowest BCUT2D eigenvalue weighted by Crippen LogP contribution is -2.57. The lowest BCUT2D eigenvalue weighted by molar-refractivity contribution is -0.384. The van der Waals surface area contributed by atoms with Crippen LogP contribution >= 0.6 is 0 Å². The number of fused-ring (bicyclic) bond motifs is 3. The number of pyridine rings is 1. The Morgan fingerprint density at radius 1 is 0.883 bits per heavy atom. The van der Waals surface area contributed by atoms with Crippen molar-refractivity contribution < 1.29 is 41.1 Å². The van der Waals surface area contributed by atoms with E-state index in [0.717, 1.165) is 93.7 Å². The van der Waals surface area contributed by atoms with Crippen LogP contribution in [0.3, 0.4) is 0 Å². The normalized spacial score (nSPS) is 22.9. The van der Waals surface area contributed by atoms with Gasteiger partial charge >= 0.3 is 0 Å². The summed E-state index contributed by atoms with van der Waals surface area (Å²) in [7, 11) is -4.63. The molecule has 77 heavy (non-hydrogen) atoms. The molecule has 4 saturated heterocycles. The molecule has 5 fully saturated rings. The van der Waals surface area contributed by atoms with E-state index >= 15 is 0 Å². The smallest absolute Gasteiger partial charge is 0.293 e. The van der Waals surface area contributed by atoms with E-state index in [1.807, 2.05) is 24.3 Å². The van der Waals surface area contributed by atoms with Crippen molar-refractivity contribution in [2.45, 2.75) is 100 Å². The van der Waals surface area contributed by atoms with Crippen LogP contribution in [0.2, 0.25) is 0 Å². The van der Waals surface area contributed by atoms with Crippen LogP contribution in [-0.4, -0.2) is 105 Å². The number of carbonyl (C=O) groups excluding carboxylic acids is 1. The lowest BCUT2D eigenvalue weighted by atomic mass is 9.59. The van der Waals surface area contributed by atoms with Gasteiger partial charge in [0.25, 0.3) is 21.6 Å². The summed E-state index contributed by atoms with van der Waals surface area (Å²) in [6.45, 7) is 7.12. The van der Waals surface area contributed by atoms with Gasteiger partial charge < -0.3 is 34.3 Å². The van der Waals surface area contributed by atoms with Crippen molar-refractivity contribution in [2.24, 2.45) is 17.3 Å². The maximum atomic E-state index is 14.7. The first-order chi connectivity index (χ1) is 37.3. The Hall–Kier alpha value is -6.67. The molecule has 1 aliphatic carbocycles. The molecule has 4 aromatic carbocycles. The quantitative estimate of drug-likeness (QED) is 0.0734. The number of nitrogens with one attached hydrogen (secondary N) is 3. The molecule has 1 amide bonds. The Morgan fingerprint density at radius 3 is 2.48 bits per heavy atom. The first-order valence-electron chi connectivity index (χ1n) is 27.1. The van der Waals surface area contributed by atoms with Gasteiger partial charge in [0.15, 0.2) is 11.6 Å². The van der Waals surface area contributed by atoms with Gasteiger partial charge in [-0.2, -0.15) is 4.98 Å². The number of piperidine rings is 2. The number of anilines is 4. The molecule has 19 heteroatoms. The molecule has 0 radical (unpaired) electrons. The van der Waals surface area contributed by atoms with E-state index in [4.69, 9.17) is 19.2 Å². The van der Waals surface area contributed by atoms with E-state index in [1.165, 1.54) is 35.4 Å². The zero-order chi connectivity index (χ0) is 53.0. The van der Waals surface area contributed by atoms with E-state index in [0.29, 0.717) is 74.1 Å². The number of halogens is 2. The maximum Gasteiger partial charge on any atom is 0.293 e. The van der Waals surface area contributed by atoms with Crippen molar-refractivity contribution in [3.05, 3.63) is 141 Å². The number of aromatic amines is 1. The van der Waals surface area contributed by atoms with Crippen LogP contribution in [0.1, 0.15) is 90.9 Å². The minimum Gasteiger partial charge on any atom is -0.468 e. The number of aryl methyl sites for hydroxylation is 1. The standard InChI is InChI=1S/C58H64F2N8O8S/c1-36-4-2-3-5-44(36)50-28-39(26-38-6-10-46(59)47(60)27-38)13-20-66(50)42-32-58(33-42)17-21-65(22-18-58)41-7-9-45(51(30-41)67-49-16-25-75-35-54(49)76-57-53(67)29-40-12-19-61-55(40)63-57)56(69)64-77(72,73)43-8-11-48(52(31-43)68(70)71)62-34-37-14-23-74-24-15-37/h2-12,19,27,29-31,37,39,42,49-50,54,62H,13-18,20-26,28,32-35H2,1H3,(H,61,63)(H,64,69)/t39-,49-,50-,54-/m0/s1. The first kappa shape index (κ1) is 51.1. The van der Waals surface area contributed by atoms with Crippen molar-refractivity contribution in [1.82, 2.24) is 19.6 Å². The summed E-state index contributed by atoms with van der Waals surface area (Å²) >= 11 is 0. The Kier molecular flexibility index (Phi) is 13.9. The second kappa shape index (κ2) is 20.9. The van der Waals surface area contributed by atoms with Crippen LogP contribution in [0.4, 0.5) is 37.2 Å². The minimum absolute atomic E-state index is 0.0981. The van der Waals surface area contributed by atoms with Crippen LogP contribution in [0.25, 0.3) is 11.0 Å². The molecule has 5 aliphatic heterocycles. The van der Waals surface area contributed by atoms with Gasteiger partial charge in [-0.15, -0.1) is 0 Å². The molecule has 2 aromatic heterocycles. The predicted octanol–water partition coefficient (Wildman–Crippen LogP) is 10.1. The molecule has 1 saturated carbocycles. The van der Waals surface area contributed by atoms with Crippen LogP contribution in [0.15, 0.2) is 102 Å². The average Bonchev–Trinajstić information content (AvgIpc) is 3.91. The summed E-state index contributed by atoms with van der Waals surface area (Å²) in [6, 6.07) is 26.3. The van der Waals surface area contributed by atoms with Crippen molar-refractivity contribution in [2.75, 3.05) is 67.7 Å². The summed E-state index contributed by atoms with van der Waals surface area (Å²) in [4.78, 5) is 41.2. The van der Waals surface area contributed by atoms with Gasteiger partial charge in [-0.05, 0) is 166 Å². The van der Waals surface area contributed by atoms with Crippen molar-refractivity contribution in [3.8, 4) is 5.88 Å². The Bertz CT molecular complexity index is 3320. The number of likely N-dealkylation sites (tertiary alicyclic amines) is 1. The third-order valence-corrected chi connectivity index (χ3v) is 18.8. The second-order valence-electron chi connectivity index (χ2n) is 22.2. The molecule has 0 unspecified atom stereocenters.